The molecule has 0 aliphatic heterocycles. The Morgan fingerprint density at radius 3 is 3.05 bits per heavy atom. The number of hydrogen-bond donors (Lipinski definition) is 1. The van der Waals surface area contributed by atoms with E-state index in [-0.39, 0.29) is 18.6 Å². The van der Waals surface area contributed by atoms with Gasteiger partial charge in [-0.1, -0.05) is 6.42 Å². The van der Waals surface area contributed by atoms with Crippen molar-refractivity contribution in [2.75, 3.05) is 6.61 Å². The second-order valence-corrected chi connectivity index (χ2v) is 7.03. The minimum atomic E-state index is -0.0546. The smallest absolute Gasteiger partial charge is 0.258 e. The van der Waals surface area contributed by atoms with Gasteiger partial charge in [0.1, 0.15) is 4.60 Å². The molecule has 2 bridgehead atoms. The molecule has 1 N–H and O–H groups in total. The Morgan fingerprint density at radius 2 is 2.38 bits per heavy atom. The van der Waals surface area contributed by atoms with Crippen molar-refractivity contribution in [2.24, 2.45) is 17.8 Å². The van der Waals surface area contributed by atoms with Gasteiger partial charge in [-0.2, -0.15) is 0 Å². The number of carbonyl (C=O) groups excluding carboxylic acids is 1. The first-order valence-corrected chi connectivity index (χ1v) is 8.45. The topological polar surface area (TPSA) is 51.2 Å². The minimum Gasteiger partial charge on any atom is -0.481 e. The van der Waals surface area contributed by atoms with E-state index >= 15 is 0 Å². The molecule has 4 nitrogen and oxygen atoms in total. The third kappa shape index (κ3) is 3.39. The molecule has 3 rings (SSSR count). The van der Waals surface area contributed by atoms with Crippen molar-refractivity contribution in [3.05, 3.63) is 22.9 Å². The number of rotatable bonds is 5. The van der Waals surface area contributed by atoms with Crippen molar-refractivity contribution in [2.45, 2.75) is 38.6 Å². The molecule has 2 aliphatic carbocycles. The number of fused-ring (bicyclic) bond motifs is 2. The Balaban J connectivity index is 1.47. The number of pyridine rings is 1. The van der Waals surface area contributed by atoms with Crippen molar-refractivity contribution >= 4 is 21.8 Å². The lowest BCUT2D eigenvalue weighted by atomic mass is 9.84. The van der Waals surface area contributed by atoms with Gasteiger partial charge in [-0.15, -0.1) is 0 Å². The van der Waals surface area contributed by atoms with Crippen LogP contribution < -0.4 is 10.1 Å². The van der Waals surface area contributed by atoms with E-state index in [1.54, 1.807) is 18.3 Å². The molecule has 114 valence electrons. The van der Waals surface area contributed by atoms with Gasteiger partial charge in [-0.3, -0.25) is 4.79 Å². The van der Waals surface area contributed by atoms with Crippen LogP contribution in [0.1, 0.15) is 32.6 Å². The zero-order chi connectivity index (χ0) is 14.8. The van der Waals surface area contributed by atoms with E-state index in [2.05, 4.69) is 33.2 Å². The van der Waals surface area contributed by atoms with Gasteiger partial charge >= 0.3 is 0 Å². The van der Waals surface area contributed by atoms with E-state index in [0.29, 0.717) is 16.3 Å². The molecule has 0 saturated heterocycles. The van der Waals surface area contributed by atoms with Crippen LogP contribution in [0.4, 0.5) is 0 Å². The number of nitrogens with one attached hydrogen (secondary N) is 1. The van der Waals surface area contributed by atoms with Crippen LogP contribution in [0.15, 0.2) is 22.9 Å². The van der Waals surface area contributed by atoms with Gasteiger partial charge in [-0.25, -0.2) is 4.98 Å². The summed E-state index contributed by atoms with van der Waals surface area (Å²) in [7, 11) is 0. The highest BCUT2D eigenvalue weighted by Gasteiger charge is 2.42. The third-order valence-electron chi connectivity index (χ3n) is 4.91. The summed E-state index contributed by atoms with van der Waals surface area (Å²) in [6.07, 6.45) is 7.05. The van der Waals surface area contributed by atoms with Crippen LogP contribution in [-0.2, 0) is 4.79 Å². The number of nitrogens with zero attached hydrogens (tertiary/aromatic N) is 1. The third-order valence-corrected chi connectivity index (χ3v) is 5.50. The maximum absolute atomic E-state index is 12.0. The van der Waals surface area contributed by atoms with E-state index in [4.69, 9.17) is 4.74 Å². The number of hydrogen-bond acceptors (Lipinski definition) is 3. The number of amides is 1. The summed E-state index contributed by atoms with van der Waals surface area (Å²) in [6.45, 7) is 2.17. The Kier molecular flexibility index (Phi) is 4.48. The number of ether oxygens (including phenoxy) is 1. The highest BCUT2D eigenvalue weighted by atomic mass is 79.9. The second-order valence-electron chi connectivity index (χ2n) is 6.28. The van der Waals surface area contributed by atoms with Crippen LogP contribution >= 0.6 is 15.9 Å². The standard InChI is InChI=1S/C16H21BrN2O2/c1-10(13-8-11-4-5-12(13)7-11)19-15(20)9-21-14-3-2-6-18-16(14)17/h2-3,6,10-13H,4-5,7-9H2,1H3,(H,19,20). The van der Waals surface area contributed by atoms with Gasteiger partial charge in [-0.05, 0) is 72.0 Å². The monoisotopic (exact) mass is 352 g/mol. The molecule has 21 heavy (non-hydrogen) atoms. The normalized spacial score (nSPS) is 28.4. The lowest BCUT2D eigenvalue weighted by Gasteiger charge is -2.28. The maximum Gasteiger partial charge on any atom is 0.258 e. The molecule has 0 spiro atoms. The van der Waals surface area contributed by atoms with E-state index in [9.17, 15) is 4.79 Å². The average Bonchev–Trinajstić information content (AvgIpc) is 3.09. The SMILES string of the molecule is CC(NC(=O)COc1cccnc1Br)C1CC2CCC1C2. The molecule has 0 radical (unpaired) electrons. The average molecular weight is 353 g/mol. The molecular formula is C16H21BrN2O2. The molecule has 1 heterocycles. The Hall–Kier alpha value is -1.10. The molecule has 0 aromatic carbocycles. The first kappa shape index (κ1) is 14.8. The Bertz CT molecular complexity index is 523. The van der Waals surface area contributed by atoms with Crippen LogP contribution in [0.25, 0.3) is 0 Å². The van der Waals surface area contributed by atoms with Crippen LogP contribution in [-0.4, -0.2) is 23.5 Å². The van der Waals surface area contributed by atoms with Gasteiger partial charge in [0.15, 0.2) is 12.4 Å². The number of aromatic nitrogens is 1. The van der Waals surface area contributed by atoms with Crippen molar-refractivity contribution in [3.8, 4) is 5.75 Å². The predicted molar refractivity (Wildman–Crippen MR) is 84.0 cm³/mol. The fraction of sp³-hybridized carbons (Fsp3) is 0.625. The van der Waals surface area contributed by atoms with Crippen molar-refractivity contribution in [3.63, 3.8) is 0 Å². The molecule has 4 unspecified atom stereocenters. The van der Waals surface area contributed by atoms with Crippen LogP contribution in [0.5, 0.6) is 5.75 Å². The van der Waals surface area contributed by atoms with Gasteiger partial charge in [0.2, 0.25) is 0 Å². The van der Waals surface area contributed by atoms with E-state index in [0.717, 1.165) is 11.8 Å². The first-order valence-electron chi connectivity index (χ1n) is 7.66. The van der Waals surface area contributed by atoms with Crippen LogP contribution in [0.3, 0.4) is 0 Å². The maximum atomic E-state index is 12.0. The summed E-state index contributed by atoms with van der Waals surface area (Å²) < 4.78 is 6.13. The largest absolute Gasteiger partial charge is 0.481 e. The number of halogens is 1. The Morgan fingerprint density at radius 1 is 1.52 bits per heavy atom. The lowest BCUT2D eigenvalue weighted by Crippen LogP contribution is -2.42. The summed E-state index contributed by atoms with van der Waals surface area (Å²) in [4.78, 5) is 16.1. The second kappa shape index (κ2) is 6.34. The molecule has 2 saturated carbocycles. The number of carbonyl (C=O) groups is 1. The van der Waals surface area contributed by atoms with Crippen LogP contribution in [0.2, 0.25) is 0 Å². The summed E-state index contributed by atoms with van der Waals surface area (Å²) in [5.41, 5.74) is 0. The Labute approximate surface area is 133 Å². The van der Waals surface area contributed by atoms with Gasteiger partial charge < -0.3 is 10.1 Å². The van der Waals surface area contributed by atoms with E-state index < -0.39 is 0 Å². The van der Waals surface area contributed by atoms with E-state index in [1.165, 1.54) is 25.7 Å². The fourth-order valence-corrected chi connectivity index (χ4v) is 4.30. The quantitative estimate of drug-likeness (QED) is 0.828. The zero-order valence-corrected chi connectivity index (χ0v) is 13.8. The predicted octanol–water partition coefficient (Wildman–Crippen LogP) is 3.16. The highest BCUT2D eigenvalue weighted by Crippen LogP contribution is 2.49. The minimum absolute atomic E-state index is 0.0372. The van der Waals surface area contributed by atoms with Crippen molar-refractivity contribution in [1.29, 1.82) is 0 Å². The summed E-state index contributed by atoms with van der Waals surface area (Å²) in [5.74, 6) is 2.92. The van der Waals surface area contributed by atoms with Gasteiger partial charge in [0, 0.05) is 12.2 Å². The van der Waals surface area contributed by atoms with Crippen LogP contribution in [0, 0.1) is 17.8 Å². The molecule has 5 heteroatoms. The van der Waals surface area contributed by atoms with Crippen molar-refractivity contribution < 1.29 is 9.53 Å². The summed E-state index contributed by atoms with van der Waals surface area (Å²) in [6, 6.07) is 3.83. The van der Waals surface area contributed by atoms with Gasteiger partial charge in [0.05, 0.1) is 0 Å². The summed E-state index contributed by atoms with van der Waals surface area (Å²) in [5, 5.41) is 3.10. The highest BCUT2D eigenvalue weighted by molar-refractivity contribution is 9.10. The van der Waals surface area contributed by atoms with Crippen molar-refractivity contribution in [1.82, 2.24) is 10.3 Å². The fourth-order valence-electron chi connectivity index (χ4n) is 3.93. The molecule has 1 aromatic heterocycles. The molecule has 2 fully saturated rings. The molecule has 4 atom stereocenters. The summed E-state index contributed by atoms with van der Waals surface area (Å²) >= 11 is 3.31. The lowest BCUT2D eigenvalue weighted by molar-refractivity contribution is -0.124. The molecule has 2 aliphatic rings. The molecule has 1 aromatic rings. The first-order chi connectivity index (χ1) is 10.1. The van der Waals surface area contributed by atoms with Gasteiger partial charge in [0.25, 0.3) is 5.91 Å². The van der Waals surface area contributed by atoms with E-state index in [1.807, 2.05) is 0 Å². The molecular weight excluding hydrogens is 332 g/mol. The molecule has 1 amide bonds. The zero-order valence-electron chi connectivity index (χ0n) is 12.2.